The third kappa shape index (κ3) is 3.69. The largest absolute Gasteiger partial charge is 0.337 e. The number of nitrogens with zero attached hydrogens (tertiary/aromatic N) is 1. The van der Waals surface area contributed by atoms with Gasteiger partial charge in [0.2, 0.25) is 11.8 Å². The second-order valence-corrected chi connectivity index (χ2v) is 7.03. The lowest BCUT2D eigenvalue weighted by molar-refractivity contribution is -0.131. The molecule has 0 radical (unpaired) electrons. The number of benzene rings is 1. The van der Waals surface area contributed by atoms with E-state index in [-0.39, 0.29) is 29.7 Å². The standard InChI is InChI=1S/C15H18Cl2N2O2/c1-15(2,3)19-8-9(6-13(19)20)14(21)18-12-5-4-10(16)7-11(12)17/h4-5,7,9H,6,8H2,1-3H3,(H,18,21). The van der Waals surface area contributed by atoms with Crippen molar-refractivity contribution in [3.63, 3.8) is 0 Å². The number of rotatable bonds is 2. The molecule has 1 aromatic carbocycles. The second-order valence-electron chi connectivity index (χ2n) is 6.19. The van der Waals surface area contributed by atoms with Crippen LogP contribution >= 0.6 is 23.2 Å². The van der Waals surface area contributed by atoms with Gasteiger partial charge in [0.05, 0.1) is 16.6 Å². The number of carbonyl (C=O) groups is 2. The number of halogens is 2. The number of nitrogens with one attached hydrogen (secondary N) is 1. The molecule has 2 rings (SSSR count). The summed E-state index contributed by atoms with van der Waals surface area (Å²) in [7, 11) is 0. The molecule has 1 saturated heterocycles. The van der Waals surface area contributed by atoms with Gasteiger partial charge in [-0.05, 0) is 39.0 Å². The van der Waals surface area contributed by atoms with E-state index in [1.54, 1.807) is 23.1 Å². The van der Waals surface area contributed by atoms with E-state index in [0.29, 0.717) is 22.3 Å². The molecule has 6 heteroatoms. The summed E-state index contributed by atoms with van der Waals surface area (Å²) in [5, 5.41) is 3.65. The first-order valence-electron chi connectivity index (χ1n) is 6.75. The van der Waals surface area contributed by atoms with Crippen molar-refractivity contribution >= 4 is 40.7 Å². The third-order valence-electron chi connectivity index (χ3n) is 3.49. The highest BCUT2D eigenvalue weighted by Gasteiger charge is 2.39. The molecule has 1 N–H and O–H groups in total. The van der Waals surface area contributed by atoms with Crippen molar-refractivity contribution in [3.8, 4) is 0 Å². The molecular weight excluding hydrogens is 311 g/mol. The molecule has 2 amide bonds. The fourth-order valence-electron chi connectivity index (χ4n) is 2.36. The van der Waals surface area contributed by atoms with Crippen LogP contribution in [0.2, 0.25) is 10.0 Å². The van der Waals surface area contributed by atoms with E-state index in [2.05, 4.69) is 5.32 Å². The zero-order valence-corrected chi connectivity index (χ0v) is 13.8. The lowest BCUT2D eigenvalue weighted by Crippen LogP contribution is -2.42. The minimum Gasteiger partial charge on any atom is -0.337 e. The highest BCUT2D eigenvalue weighted by atomic mass is 35.5. The molecule has 1 aliphatic heterocycles. The molecule has 4 nitrogen and oxygen atoms in total. The van der Waals surface area contributed by atoms with Crippen LogP contribution in [-0.4, -0.2) is 28.8 Å². The Bertz CT molecular complexity index is 582. The fraction of sp³-hybridized carbons (Fsp3) is 0.467. The van der Waals surface area contributed by atoms with Crippen LogP contribution in [0, 0.1) is 5.92 Å². The first-order valence-corrected chi connectivity index (χ1v) is 7.50. The Hall–Kier alpha value is -1.26. The van der Waals surface area contributed by atoms with Crippen LogP contribution in [0.1, 0.15) is 27.2 Å². The van der Waals surface area contributed by atoms with Crippen molar-refractivity contribution < 1.29 is 9.59 Å². The molecule has 0 saturated carbocycles. The monoisotopic (exact) mass is 328 g/mol. The Morgan fingerprint density at radius 3 is 2.52 bits per heavy atom. The van der Waals surface area contributed by atoms with Crippen LogP contribution in [0.5, 0.6) is 0 Å². The lowest BCUT2D eigenvalue weighted by atomic mass is 10.1. The van der Waals surface area contributed by atoms with Crippen LogP contribution in [0.15, 0.2) is 18.2 Å². The Morgan fingerprint density at radius 1 is 1.33 bits per heavy atom. The Kier molecular flexibility index (Phi) is 4.49. The van der Waals surface area contributed by atoms with E-state index < -0.39 is 0 Å². The van der Waals surface area contributed by atoms with Gasteiger partial charge in [-0.25, -0.2) is 0 Å². The molecule has 0 bridgehead atoms. The number of anilines is 1. The number of hydrogen-bond donors (Lipinski definition) is 1. The second kappa shape index (κ2) is 5.85. The maximum Gasteiger partial charge on any atom is 0.229 e. The normalized spacial score (nSPS) is 19.0. The summed E-state index contributed by atoms with van der Waals surface area (Å²) in [5.41, 5.74) is 0.233. The molecule has 1 aliphatic rings. The van der Waals surface area contributed by atoms with Crippen molar-refractivity contribution in [2.24, 2.45) is 5.92 Å². The first-order chi connectivity index (χ1) is 9.68. The van der Waals surface area contributed by atoms with E-state index in [1.165, 1.54) is 0 Å². The predicted molar refractivity (Wildman–Crippen MR) is 84.7 cm³/mol. The quantitative estimate of drug-likeness (QED) is 0.902. The van der Waals surface area contributed by atoms with E-state index in [0.717, 1.165) is 0 Å². The van der Waals surface area contributed by atoms with Gasteiger partial charge in [0.1, 0.15) is 0 Å². The van der Waals surface area contributed by atoms with Crippen molar-refractivity contribution in [3.05, 3.63) is 28.2 Å². The van der Waals surface area contributed by atoms with Crippen LogP contribution in [0.3, 0.4) is 0 Å². The predicted octanol–water partition coefficient (Wildman–Crippen LogP) is 3.58. The summed E-state index contributed by atoms with van der Waals surface area (Å²) < 4.78 is 0. The molecule has 1 aromatic rings. The summed E-state index contributed by atoms with van der Waals surface area (Å²) in [5.74, 6) is -0.548. The van der Waals surface area contributed by atoms with Gasteiger partial charge >= 0.3 is 0 Å². The molecule has 114 valence electrons. The molecular formula is C15H18Cl2N2O2. The van der Waals surface area contributed by atoms with Crippen molar-refractivity contribution in [1.82, 2.24) is 4.90 Å². The Labute approximate surface area is 134 Å². The maximum atomic E-state index is 12.3. The Balaban J connectivity index is 2.07. The van der Waals surface area contributed by atoms with E-state index in [9.17, 15) is 9.59 Å². The summed E-state index contributed by atoms with van der Waals surface area (Å²) in [6, 6.07) is 4.88. The topological polar surface area (TPSA) is 49.4 Å². The van der Waals surface area contributed by atoms with Crippen molar-refractivity contribution in [1.29, 1.82) is 0 Å². The highest BCUT2D eigenvalue weighted by molar-refractivity contribution is 6.36. The number of amides is 2. The van der Waals surface area contributed by atoms with Crippen molar-refractivity contribution in [2.75, 3.05) is 11.9 Å². The lowest BCUT2D eigenvalue weighted by Gasteiger charge is -2.31. The first kappa shape index (κ1) is 16.1. The number of hydrogen-bond acceptors (Lipinski definition) is 2. The summed E-state index contributed by atoms with van der Waals surface area (Å²) >= 11 is 11.9. The number of likely N-dealkylation sites (tertiary alicyclic amines) is 1. The summed E-state index contributed by atoms with van der Waals surface area (Å²) in [4.78, 5) is 26.0. The smallest absolute Gasteiger partial charge is 0.229 e. The average molecular weight is 329 g/mol. The molecule has 1 fully saturated rings. The zero-order valence-electron chi connectivity index (χ0n) is 12.2. The van der Waals surface area contributed by atoms with Crippen LogP contribution in [-0.2, 0) is 9.59 Å². The van der Waals surface area contributed by atoms with Gasteiger partial charge in [0, 0.05) is 23.5 Å². The minimum absolute atomic E-state index is 0.00449. The molecule has 0 aliphatic carbocycles. The zero-order chi connectivity index (χ0) is 15.8. The van der Waals surface area contributed by atoms with Gasteiger partial charge in [-0.2, -0.15) is 0 Å². The molecule has 0 aromatic heterocycles. The molecule has 1 unspecified atom stereocenters. The van der Waals surface area contributed by atoms with E-state index in [4.69, 9.17) is 23.2 Å². The van der Waals surface area contributed by atoms with Gasteiger partial charge in [0.25, 0.3) is 0 Å². The molecule has 21 heavy (non-hydrogen) atoms. The van der Waals surface area contributed by atoms with Gasteiger partial charge in [-0.1, -0.05) is 23.2 Å². The summed E-state index contributed by atoms with van der Waals surface area (Å²) in [6.07, 6.45) is 0.230. The SMILES string of the molecule is CC(C)(C)N1CC(C(=O)Nc2ccc(Cl)cc2Cl)CC1=O. The summed E-state index contributed by atoms with van der Waals surface area (Å²) in [6.45, 7) is 6.31. The number of carbonyl (C=O) groups excluding carboxylic acids is 2. The molecule has 1 atom stereocenters. The maximum absolute atomic E-state index is 12.3. The van der Waals surface area contributed by atoms with Crippen LogP contribution < -0.4 is 5.32 Å². The van der Waals surface area contributed by atoms with Gasteiger partial charge in [0.15, 0.2) is 0 Å². The average Bonchev–Trinajstić information content (AvgIpc) is 2.75. The van der Waals surface area contributed by atoms with Crippen LogP contribution in [0.4, 0.5) is 5.69 Å². The fourth-order valence-corrected chi connectivity index (χ4v) is 2.81. The van der Waals surface area contributed by atoms with Crippen LogP contribution in [0.25, 0.3) is 0 Å². The molecule has 1 heterocycles. The van der Waals surface area contributed by atoms with E-state index >= 15 is 0 Å². The molecule has 0 spiro atoms. The highest BCUT2D eigenvalue weighted by Crippen LogP contribution is 2.29. The van der Waals surface area contributed by atoms with Crippen molar-refractivity contribution in [2.45, 2.75) is 32.7 Å². The van der Waals surface area contributed by atoms with Gasteiger partial charge in [-0.3, -0.25) is 9.59 Å². The van der Waals surface area contributed by atoms with Gasteiger partial charge in [-0.15, -0.1) is 0 Å². The third-order valence-corrected chi connectivity index (χ3v) is 4.04. The minimum atomic E-state index is -0.358. The van der Waals surface area contributed by atoms with E-state index in [1.807, 2.05) is 20.8 Å². The Morgan fingerprint density at radius 2 is 2.00 bits per heavy atom. The van der Waals surface area contributed by atoms with Gasteiger partial charge < -0.3 is 10.2 Å².